The van der Waals surface area contributed by atoms with Gasteiger partial charge in [-0.2, -0.15) is 0 Å². The monoisotopic (exact) mass is 229 g/mol. The van der Waals surface area contributed by atoms with Gasteiger partial charge in [-0.15, -0.1) is 13.2 Å². The molecule has 0 saturated heterocycles. The minimum atomic E-state index is 0.328. The van der Waals surface area contributed by atoms with Crippen LogP contribution in [0.15, 0.2) is 43.5 Å². The fourth-order valence-electron chi connectivity index (χ4n) is 1.52. The lowest BCUT2D eigenvalue weighted by atomic mass is 10.0. The van der Waals surface area contributed by atoms with E-state index in [4.69, 9.17) is 4.12 Å². The van der Waals surface area contributed by atoms with Crippen LogP contribution in [0.3, 0.4) is 0 Å². The first-order valence-corrected chi connectivity index (χ1v) is 6.06. The highest BCUT2D eigenvalue weighted by molar-refractivity contribution is 6.51. The first-order valence-electron chi connectivity index (χ1n) is 4.74. The van der Waals surface area contributed by atoms with Crippen molar-refractivity contribution in [2.24, 2.45) is 0 Å². The summed E-state index contributed by atoms with van der Waals surface area (Å²) in [7, 11) is 3.38. The Balaban J connectivity index is 3.08. The average Bonchev–Trinajstić information content (AvgIpc) is 2.23. The van der Waals surface area contributed by atoms with Gasteiger partial charge in [-0.25, -0.2) is 0 Å². The molecule has 5 radical (unpaired) electrons. The lowest BCUT2D eigenvalue weighted by Gasteiger charge is -2.11. The SMILES string of the molecule is C=CCc1cccc([Si]O[Si])c1CC=C. The van der Waals surface area contributed by atoms with E-state index in [0.717, 1.165) is 12.8 Å². The number of benzene rings is 1. The molecule has 0 aliphatic carbocycles. The Morgan fingerprint density at radius 1 is 1.27 bits per heavy atom. The van der Waals surface area contributed by atoms with Gasteiger partial charge in [0.05, 0.1) is 0 Å². The Bertz CT molecular complexity index is 347. The lowest BCUT2D eigenvalue weighted by molar-refractivity contribution is 0.676. The van der Waals surface area contributed by atoms with E-state index < -0.39 is 0 Å². The van der Waals surface area contributed by atoms with Crippen molar-refractivity contribution in [2.75, 3.05) is 0 Å². The zero-order chi connectivity index (χ0) is 11.1. The van der Waals surface area contributed by atoms with Crippen molar-refractivity contribution in [3.05, 3.63) is 54.6 Å². The quantitative estimate of drug-likeness (QED) is 0.530. The van der Waals surface area contributed by atoms with Gasteiger partial charge in [-0.1, -0.05) is 30.4 Å². The molecule has 0 fully saturated rings. The van der Waals surface area contributed by atoms with Gasteiger partial charge < -0.3 is 4.12 Å². The molecular weight excluding hydrogens is 216 g/mol. The first-order chi connectivity index (χ1) is 7.33. The van der Waals surface area contributed by atoms with Crippen LogP contribution in [-0.4, -0.2) is 20.2 Å². The minimum absolute atomic E-state index is 0.328. The number of hydrogen-bond acceptors (Lipinski definition) is 1. The number of allylic oxidation sites excluding steroid dienone is 2. The fourth-order valence-corrected chi connectivity index (χ4v) is 2.51. The molecule has 75 valence electrons. The summed E-state index contributed by atoms with van der Waals surface area (Å²) in [5, 5.41) is 1.23. The Hall–Kier alpha value is -0.906. The standard InChI is InChI=1S/C12H13OSi2/c1-3-6-10-8-5-9-12(15-13-14)11(10)7-4-2/h3-5,8-9H,1-2,6-7H2. The Labute approximate surface area is 97.3 Å². The van der Waals surface area contributed by atoms with Crippen molar-refractivity contribution < 1.29 is 4.12 Å². The molecule has 0 heterocycles. The van der Waals surface area contributed by atoms with E-state index in [9.17, 15) is 0 Å². The molecule has 1 nitrogen and oxygen atoms in total. The summed E-state index contributed by atoms with van der Waals surface area (Å²) in [5.74, 6) is 0. The molecule has 1 aromatic carbocycles. The van der Waals surface area contributed by atoms with Crippen molar-refractivity contribution in [1.82, 2.24) is 0 Å². The van der Waals surface area contributed by atoms with Crippen molar-refractivity contribution in [3.63, 3.8) is 0 Å². The second-order valence-electron chi connectivity index (χ2n) is 3.13. The van der Waals surface area contributed by atoms with Gasteiger partial charge in [0.25, 0.3) is 9.76 Å². The maximum absolute atomic E-state index is 5.02. The van der Waals surface area contributed by atoms with Gasteiger partial charge in [-0.05, 0) is 29.2 Å². The van der Waals surface area contributed by atoms with E-state index in [0.29, 0.717) is 9.76 Å². The molecule has 0 spiro atoms. The summed E-state index contributed by atoms with van der Waals surface area (Å²) in [5.41, 5.74) is 2.61. The van der Waals surface area contributed by atoms with E-state index in [1.807, 2.05) is 12.2 Å². The summed E-state index contributed by atoms with van der Waals surface area (Å²) < 4.78 is 5.02. The van der Waals surface area contributed by atoms with Crippen molar-refractivity contribution in [2.45, 2.75) is 12.8 Å². The van der Waals surface area contributed by atoms with Crippen LogP contribution in [0.2, 0.25) is 0 Å². The summed E-state index contributed by atoms with van der Waals surface area (Å²) in [6.07, 6.45) is 5.61. The van der Waals surface area contributed by atoms with Crippen LogP contribution in [0.4, 0.5) is 0 Å². The first kappa shape index (κ1) is 12.2. The third kappa shape index (κ3) is 3.30. The van der Waals surface area contributed by atoms with Crippen molar-refractivity contribution >= 4 is 25.4 Å². The molecule has 0 unspecified atom stereocenters. The fraction of sp³-hybridized carbons (Fsp3) is 0.167. The third-order valence-corrected chi connectivity index (χ3v) is 3.24. The third-order valence-electron chi connectivity index (χ3n) is 2.15. The van der Waals surface area contributed by atoms with Crippen LogP contribution in [0.25, 0.3) is 0 Å². The highest BCUT2D eigenvalue weighted by atomic mass is 28.3. The van der Waals surface area contributed by atoms with E-state index in [1.165, 1.54) is 16.3 Å². The predicted octanol–water partition coefficient (Wildman–Crippen LogP) is 1.49. The number of rotatable bonds is 6. The van der Waals surface area contributed by atoms with Gasteiger partial charge in [0, 0.05) is 0 Å². The minimum Gasteiger partial charge on any atom is -0.454 e. The van der Waals surface area contributed by atoms with Gasteiger partial charge in [0.15, 0.2) is 0 Å². The average molecular weight is 229 g/mol. The zero-order valence-corrected chi connectivity index (χ0v) is 10.6. The highest BCUT2D eigenvalue weighted by Gasteiger charge is 2.06. The smallest absolute Gasteiger partial charge is 0.256 e. The molecule has 1 rings (SSSR count). The number of hydrogen-bond donors (Lipinski definition) is 0. The van der Waals surface area contributed by atoms with Crippen LogP contribution in [0.5, 0.6) is 0 Å². The van der Waals surface area contributed by atoms with Crippen LogP contribution < -0.4 is 5.19 Å². The van der Waals surface area contributed by atoms with Gasteiger partial charge in [-0.3, -0.25) is 0 Å². The molecule has 0 bridgehead atoms. The highest BCUT2D eigenvalue weighted by Crippen LogP contribution is 2.09. The second-order valence-corrected chi connectivity index (χ2v) is 4.69. The van der Waals surface area contributed by atoms with Gasteiger partial charge in [0.1, 0.15) is 0 Å². The topological polar surface area (TPSA) is 9.23 Å². The summed E-state index contributed by atoms with van der Waals surface area (Å²) in [6.45, 7) is 7.55. The van der Waals surface area contributed by atoms with Crippen molar-refractivity contribution in [3.8, 4) is 0 Å². The van der Waals surface area contributed by atoms with E-state index >= 15 is 0 Å². The van der Waals surface area contributed by atoms with Gasteiger partial charge >= 0.3 is 0 Å². The molecule has 0 N–H and O–H groups in total. The molecule has 1 aromatic rings. The molecule has 0 aromatic heterocycles. The summed E-state index contributed by atoms with van der Waals surface area (Å²) in [4.78, 5) is 0. The Kier molecular flexibility index (Phi) is 5.32. The van der Waals surface area contributed by atoms with Crippen LogP contribution in [0, 0.1) is 0 Å². The van der Waals surface area contributed by atoms with E-state index in [-0.39, 0.29) is 0 Å². The molecule has 0 saturated carbocycles. The van der Waals surface area contributed by atoms with Crippen LogP contribution in [-0.2, 0) is 17.0 Å². The Morgan fingerprint density at radius 3 is 2.60 bits per heavy atom. The molecule has 0 aliphatic rings. The molecule has 0 amide bonds. The Morgan fingerprint density at radius 2 is 2.00 bits per heavy atom. The molecule has 15 heavy (non-hydrogen) atoms. The lowest BCUT2D eigenvalue weighted by Crippen LogP contribution is -2.22. The normalized spacial score (nSPS) is 9.93. The largest absolute Gasteiger partial charge is 0.454 e. The predicted molar refractivity (Wildman–Crippen MR) is 66.5 cm³/mol. The van der Waals surface area contributed by atoms with Gasteiger partial charge in [0.2, 0.25) is 10.5 Å². The maximum atomic E-state index is 5.02. The molecule has 0 aliphatic heterocycles. The van der Waals surface area contributed by atoms with Crippen LogP contribution in [0.1, 0.15) is 11.1 Å². The maximum Gasteiger partial charge on any atom is 0.256 e. The van der Waals surface area contributed by atoms with E-state index in [1.54, 1.807) is 0 Å². The van der Waals surface area contributed by atoms with Crippen molar-refractivity contribution in [1.29, 1.82) is 0 Å². The summed E-state index contributed by atoms with van der Waals surface area (Å²) in [6, 6.07) is 6.27. The second kappa shape index (κ2) is 6.55. The zero-order valence-electron chi connectivity index (χ0n) is 8.62. The van der Waals surface area contributed by atoms with Crippen LogP contribution >= 0.6 is 0 Å². The molecule has 0 atom stereocenters. The summed E-state index contributed by atoms with van der Waals surface area (Å²) >= 11 is 0. The molecule has 3 heteroatoms. The molecular formula is C12H13OSi2. The van der Waals surface area contributed by atoms with E-state index in [2.05, 4.69) is 41.8 Å².